The van der Waals surface area contributed by atoms with Crippen LogP contribution in [0.1, 0.15) is 5.56 Å². The van der Waals surface area contributed by atoms with Crippen LogP contribution in [0, 0.1) is 5.82 Å². The van der Waals surface area contributed by atoms with E-state index in [1.807, 2.05) is 0 Å². The van der Waals surface area contributed by atoms with E-state index in [1.54, 1.807) is 30.3 Å². The van der Waals surface area contributed by atoms with Gasteiger partial charge in [-0.1, -0.05) is 6.07 Å². The molecule has 8 nitrogen and oxygen atoms in total. The van der Waals surface area contributed by atoms with Gasteiger partial charge in [0.2, 0.25) is 12.7 Å². The number of ether oxygens (including phenoxy) is 3. The Morgan fingerprint density at radius 1 is 1.03 bits per heavy atom. The van der Waals surface area contributed by atoms with Crippen molar-refractivity contribution in [1.82, 2.24) is 0 Å². The molecule has 1 heterocycles. The van der Waals surface area contributed by atoms with E-state index in [0.29, 0.717) is 17.2 Å². The van der Waals surface area contributed by atoms with E-state index in [-0.39, 0.29) is 23.1 Å². The van der Waals surface area contributed by atoms with Crippen LogP contribution in [0.3, 0.4) is 0 Å². The van der Waals surface area contributed by atoms with Gasteiger partial charge < -0.3 is 19.5 Å². The Balaban J connectivity index is 1.49. The third-order valence-corrected chi connectivity index (χ3v) is 6.04. The van der Waals surface area contributed by atoms with Crippen molar-refractivity contribution in [3.8, 4) is 17.2 Å². The Labute approximate surface area is 189 Å². The van der Waals surface area contributed by atoms with Crippen molar-refractivity contribution in [2.45, 2.75) is 4.90 Å². The molecule has 2 N–H and O–H groups in total. The highest BCUT2D eigenvalue weighted by atomic mass is 32.2. The quantitative estimate of drug-likeness (QED) is 0.506. The number of fused-ring (bicyclic) bond motifs is 1. The van der Waals surface area contributed by atoms with Crippen LogP contribution in [-0.4, -0.2) is 28.2 Å². The van der Waals surface area contributed by atoms with Crippen molar-refractivity contribution in [2.24, 2.45) is 0 Å². The van der Waals surface area contributed by atoms with Crippen molar-refractivity contribution in [1.29, 1.82) is 0 Å². The summed E-state index contributed by atoms with van der Waals surface area (Å²) in [6.07, 6.45) is 2.95. The van der Waals surface area contributed by atoms with Gasteiger partial charge in [-0.25, -0.2) is 12.8 Å². The van der Waals surface area contributed by atoms with E-state index in [1.165, 1.54) is 25.3 Å². The third-order valence-electron chi connectivity index (χ3n) is 4.66. The van der Waals surface area contributed by atoms with Gasteiger partial charge in [0.15, 0.2) is 11.5 Å². The fraction of sp³-hybridized carbons (Fsp3) is 0.0870. The van der Waals surface area contributed by atoms with Crippen LogP contribution >= 0.6 is 0 Å². The van der Waals surface area contributed by atoms with Gasteiger partial charge in [-0.2, -0.15) is 0 Å². The smallest absolute Gasteiger partial charge is 0.262 e. The summed E-state index contributed by atoms with van der Waals surface area (Å²) in [5.74, 6) is 0.515. The van der Waals surface area contributed by atoms with E-state index in [9.17, 15) is 17.6 Å². The molecule has 0 bridgehead atoms. The number of hydrogen-bond acceptors (Lipinski definition) is 6. The van der Waals surface area contributed by atoms with Crippen LogP contribution in [0.25, 0.3) is 6.08 Å². The summed E-state index contributed by atoms with van der Waals surface area (Å²) in [7, 11) is -2.62. The fourth-order valence-electron chi connectivity index (χ4n) is 3.06. The average Bonchev–Trinajstić information content (AvgIpc) is 3.26. The van der Waals surface area contributed by atoms with Crippen molar-refractivity contribution < 1.29 is 31.8 Å². The van der Waals surface area contributed by atoms with Gasteiger partial charge in [0.1, 0.15) is 11.6 Å². The molecule has 0 fully saturated rings. The van der Waals surface area contributed by atoms with E-state index >= 15 is 0 Å². The second-order valence-corrected chi connectivity index (χ2v) is 8.59. The van der Waals surface area contributed by atoms with Crippen LogP contribution in [0.4, 0.5) is 15.8 Å². The molecule has 1 aliphatic rings. The lowest BCUT2D eigenvalue weighted by Gasteiger charge is -2.13. The number of anilines is 2. The van der Waals surface area contributed by atoms with Crippen molar-refractivity contribution in [3.63, 3.8) is 0 Å². The molecule has 0 radical (unpaired) electrons. The SMILES string of the molecule is COc1ccc(NC(=O)C=Cc2ccc3c(c2)OCO3)cc1NS(=O)(=O)c1ccc(F)cc1. The van der Waals surface area contributed by atoms with Gasteiger partial charge in [0.05, 0.1) is 17.7 Å². The molecule has 0 saturated carbocycles. The molecule has 0 unspecified atom stereocenters. The molecule has 170 valence electrons. The summed E-state index contributed by atoms with van der Waals surface area (Å²) in [5, 5.41) is 2.67. The lowest BCUT2D eigenvalue weighted by Crippen LogP contribution is -2.14. The molecule has 1 amide bonds. The molecule has 0 atom stereocenters. The molecule has 0 saturated heterocycles. The first-order valence-electron chi connectivity index (χ1n) is 9.69. The minimum Gasteiger partial charge on any atom is -0.495 e. The summed E-state index contributed by atoms with van der Waals surface area (Å²) in [6.45, 7) is 0.160. The molecule has 0 aromatic heterocycles. The summed E-state index contributed by atoms with van der Waals surface area (Å²) >= 11 is 0. The Kier molecular flexibility index (Phi) is 6.18. The molecule has 0 spiro atoms. The summed E-state index contributed by atoms with van der Waals surface area (Å²) in [5.41, 5.74) is 1.20. The number of benzene rings is 3. The van der Waals surface area contributed by atoms with E-state index in [2.05, 4.69) is 10.0 Å². The van der Waals surface area contributed by atoms with Crippen LogP contribution in [-0.2, 0) is 14.8 Å². The molecule has 3 aromatic carbocycles. The number of methoxy groups -OCH3 is 1. The highest BCUT2D eigenvalue weighted by Gasteiger charge is 2.17. The zero-order valence-corrected chi connectivity index (χ0v) is 18.2. The number of halogens is 1. The summed E-state index contributed by atoms with van der Waals surface area (Å²) < 4.78 is 56.6. The normalized spacial score (nSPS) is 12.5. The van der Waals surface area contributed by atoms with Gasteiger partial charge in [0, 0.05) is 11.8 Å². The van der Waals surface area contributed by atoms with Crippen LogP contribution in [0.5, 0.6) is 17.2 Å². The first kappa shape index (κ1) is 22.2. The zero-order valence-electron chi connectivity index (χ0n) is 17.4. The average molecular weight is 470 g/mol. The van der Waals surface area contributed by atoms with Crippen molar-refractivity contribution in [2.75, 3.05) is 23.9 Å². The molecule has 1 aliphatic heterocycles. The first-order valence-corrected chi connectivity index (χ1v) is 11.2. The van der Waals surface area contributed by atoms with Crippen LogP contribution < -0.4 is 24.2 Å². The van der Waals surface area contributed by atoms with Gasteiger partial charge in [-0.05, 0) is 66.2 Å². The van der Waals surface area contributed by atoms with Gasteiger partial charge in [-0.3, -0.25) is 9.52 Å². The Bertz CT molecular complexity index is 1320. The van der Waals surface area contributed by atoms with Gasteiger partial charge in [0.25, 0.3) is 10.0 Å². The number of hydrogen-bond donors (Lipinski definition) is 2. The summed E-state index contributed by atoms with van der Waals surface area (Å²) in [6, 6.07) is 14.2. The van der Waals surface area contributed by atoms with Crippen molar-refractivity contribution in [3.05, 3.63) is 78.1 Å². The monoisotopic (exact) mass is 470 g/mol. The number of amides is 1. The van der Waals surface area contributed by atoms with Gasteiger partial charge >= 0.3 is 0 Å². The Morgan fingerprint density at radius 2 is 1.79 bits per heavy atom. The Hall–Kier alpha value is -4.05. The maximum Gasteiger partial charge on any atom is 0.262 e. The minimum absolute atomic E-state index is 0.111. The Morgan fingerprint density at radius 3 is 2.55 bits per heavy atom. The highest BCUT2D eigenvalue weighted by Crippen LogP contribution is 2.33. The molecular weight excluding hydrogens is 451 g/mol. The second kappa shape index (κ2) is 9.21. The molecule has 3 aromatic rings. The predicted octanol–water partition coefficient (Wildman–Crippen LogP) is 4.02. The lowest BCUT2D eigenvalue weighted by molar-refractivity contribution is -0.111. The second-order valence-electron chi connectivity index (χ2n) is 6.91. The molecule has 10 heteroatoms. The van der Waals surface area contributed by atoms with E-state index in [0.717, 1.165) is 29.8 Å². The number of rotatable bonds is 7. The topological polar surface area (TPSA) is 103 Å². The number of nitrogens with one attached hydrogen (secondary N) is 2. The van der Waals surface area contributed by atoms with Crippen molar-refractivity contribution >= 4 is 33.4 Å². The molecule has 4 rings (SSSR count). The number of sulfonamides is 1. The first-order chi connectivity index (χ1) is 15.8. The van der Waals surface area contributed by atoms with Crippen LogP contribution in [0.2, 0.25) is 0 Å². The third kappa shape index (κ3) is 5.24. The highest BCUT2D eigenvalue weighted by molar-refractivity contribution is 7.92. The maximum atomic E-state index is 13.1. The molecular formula is C23H19FN2O6S. The van der Waals surface area contributed by atoms with E-state index in [4.69, 9.17) is 14.2 Å². The molecule has 33 heavy (non-hydrogen) atoms. The maximum absolute atomic E-state index is 13.1. The number of carbonyl (C=O) groups excluding carboxylic acids is 1. The van der Waals surface area contributed by atoms with Crippen LogP contribution in [0.15, 0.2) is 71.6 Å². The largest absolute Gasteiger partial charge is 0.495 e. The number of carbonyl (C=O) groups is 1. The minimum atomic E-state index is -4.00. The standard InChI is InChI=1S/C23H19FN2O6S/c1-30-20-10-6-17(13-19(20)26-33(28,29)18-7-4-16(24)5-8-18)25-23(27)11-3-15-2-9-21-22(12-15)32-14-31-21/h2-13,26H,14H2,1H3,(H,25,27). The van der Waals surface area contributed by atoms with Gasteiger partial charge in [-0.15, -0.1) is 0 Å². The lowest BCUT2D eigenvalue weighted by atomic mass is 10.2. The zero-order chi connectivity index (χ0) is 23.4. The van der Waals surface area contributed by atoms with E-state index < -0.39 is 21.7 Å². The fourth-order valence-corrected chi connectivity index (χ4v) is 4.12. The summed E-state index contributed by atoms with van der Waals surface area (Å²) in [4.78, 5) is 12.2. The molecule has 0 aliphatic carbocycles. The predicted molar refractivity (Wildman–Crippen MR) is 120 cm³/mol.